The van der Waals surface area contributed by atoms with Crippen molar-refractivity contribution in [1.82, 2.24) is 25.3 Å². The molecule has 8 nitrogen and oxygen atoms in total. The second-order valence-corrected chi connectivity index (χ2v) is 5.67. The average Bonchev–Trinajstić information content (AvgIpc) is 3.23. The Bertz CT molecular complexity index is 631. The maximum absolute atomic E-state index is 12.2. The summed E-state index contributed by atoms with van der Waals surface area (Å²) in [6.45, 7) is 7.24. The highest BCUT2D eigenvalue weighted by Crippen LogP contribution is 2.19. The van der Waals surface area contributed by atoms with Crippen molar-refractivity contribution in [2.45, 2.75) is 26.4 Å². The Hall–Kier alpha value is -2.35. The van der Waals surface area contributed by atoms with Crippen molar-refractivity contribution in [3.05, 3.63) is 35.9 Å². The van der Waals surface area contributed by atoms with Gasteiger partial charge in [0, 0.05) is 38.3 Å². The first-order chi connectivity index (χ1) is 11.1. The molecule has 1 saturated heterocycles. The molecule has 0 aromatic carbocycles. The minimum Gasteiger partial charge on any atom is -0.472 e. The van der Waals surface area contributed by atoms with Gasteiger partial charge in [-0.1, -0.05) is 5.16 Å². The second kappa shape index (κ2) is 6.82. The van der Waals surface area contributed by atoms with Gasteiger partial charge in [-0.3, -0.25) is 4.90 Å². The number of furan rings is 1. The van der Waals surface area contributed by atoms with Crippen molar-refractivity contribution in [2.75, 3.05) is 26.2 Å². The third-order valence-corrected chi connectivity index (χ3v) is 4.07. The number of amides is 2. The molecular formula is C15H21N5O3. The zero-order valence-electron chi connectivity index (χ0n) is 13.4. The molecule has 1 atom stereocenters. The number of urea groups is 1. The predicted molar refractivity (Wildman–Crippen MR) is 81.5 cm³/mol. The number of aryl methyl sites for hydroxylation is 1. The summed E-state index contributed by atoms with van der Waals surface area (Å²) < 4.78 is 10.2. The first-order valence-electron chi connectivity index (χ1n) is 7.71. The van der Waals surface area contributed by atoms with Gasteiger partial charge in [-0.25, -0.2) is 4.79 Å². The molecule has 8 heteroatoms. The van der Waals surface area contributed by atoms with Crippen LogP contribution in [0.4, 0.5) is 4.79 Å². The Labute approximate surface area is 134 Å². The minimum atomic E-state index is -0.0489. The van der Waals surface area contributed by atoms with E-state index in [2.05, 4.69) is 20.4 Å². The fourth-order valence-corrected chi connectivity index (χ4v) is 2.63. The summed E-state index contributed by atoms with van der Waals surface area (Å²) in [5, 5.41) is 6.73. The summed E-state index contributed by atoms with van der Waals surface area (Å²) in [4.78, 5) is 20.5. The van der Waals surface area contributed by atoms with Gasteiger partial charge in [-0.05, 0) is 19.9 Å². The highest BCUT2D eigenvalue weighted by Gasteiger charge is 2.27. The number of hydrogen-bond acceptors (Lipinski definition) is 6. The van der Waals surface area contributed by atoms with Crippen LogP contribution in [0.2, 0.25) is 0 Å². The Kier molecular flexibility index (Phi) is 4.61. The molecule has 1 aliphatic rings. The average molecular weight is 319 g/mol. The lowest BCUT2D eigenvalue weighted by atomic mass is 10.2. The highest BCUT2D eigenvalue weighted by molar-refractivity contribution is 5.74. The van der Waals surface area contributed by atoms with Gasteiger partial charge in [-0.15, -0.1) is 0 Å². The van der Waals surface area contributed by atoms with Crippen LogP contribution in [0, 0.1) is 6.92 Å². The predicted octanol–water partition coefficient (Wildman–Crippen LogP) is 1.56. The van der Waals surface area contributed by atoms with Gasteiger partial charge >= 0.3 is 6.03 Å². The molecule has 1 N–H and O–H groups in total. The maximum atomic E-state index is 12.2. The van der Waals surface area contributed by atoms with Gasteiger partial charge in [0.15, 0.2) is 5.82 Å². The number of rotatable bonds is 4. The first kappa shape index (κ1) is 15.5. The molecule has 0 spiro atoms. The summed E-state index contributed by atoms with van der Waals surface area (Å²) in [5.41, 5.74) is 0.956. The normalized spacial score (nSPS) is 17.2. The molecular weight excluding hydrogens is 298 g/mol. The molecule has 2 aromatic rings. The summed E-state index contributed by atoms with van der Waals surface area (Å²) in [7, 11) is 0. The van der Waals surface area contributed by atoms with E-state index in [-0.39, 0.29) is 12.1 Å². The number of piperazine rings is 1. The van der Waals surface area contributed by atoms with E-state index >= 15 is 0 Å². The number of nitrogens with zero attached hydrogens (tertiary/aromatic N) is 4. The van der Waals surface area contributed by atoms with Gasteiger partial charge in [0.2, 0.25) is 5.89 Å². The lowest BCUT2D eigenvalue weighted by Gasteiger charge is -2.36. The first-order valence-corrected chi connectivity index (χ1v) is 7.71. The summed E-state index contributed by atoms with van der Waals surface area (Å²) >= 11 is 0. The quantitative estimate of drug-likeness (QED) is 0.920. The number of carbonyl (C=O) groups excluding carboxylic acids is 1. The smallest absolute Gasteiger partial charge is 0.317 e. The van der Waals surface area contributed by atoms with Crippen molar-refractivity contribution < 1.29 is 13.7 Å². The molecule has 2 aromatic heterocycles. The van der Waals surface area contributed by atoms with Crippen LogP contribution < -0.4 is 5.32 Å². The second-order valence-electron chi connectivity index (χ2n) is 5.67. The van der Waals surface area contributed by atoms with Gasteiger partial charge in [-0.2, -0.15) is 4.98 Å². The van der Waals surface area contributed by atoms with E-state index in [1.165, 1.54) is 0 Å². The summed E-state index contributed by atoms with van der Waals surface area (Å²) in [6.07, 6.45) is 3.23. The van der Waals surface area contributed by atoms with E-state index in [1.807, 2.05) is 24.8 Å². The molecule has 1 aliphatic heterocycles. The van der Waals surface area contributed by atoms with Crippen LogP contribution in [-0.2, 0) is 6.54 Å². The van der Waals surface area contributed by atoms with E-state index in [1.54, 1.807) is 12.5 Å². The van der Waals surface area contributed by atoms with Crippen molar-refractivity contribution in [3.8, 4) is 0 Å². The van der Waals surface area contributed by atoms with E-state index in [4.69, 9.17) is 8.94 Å². The Morgan fingerprint density at radius 3 is 2.78 bits per heavy atom. The Morgan fingerprint density at radius 1 is 1.39 bits per heavy atom. The molecule has 0 aliphatic carbocycles. The third-order valence-electron chi connectivity index (χ3n) is 4.07. The van der Waals surface area contributed by atoms with Crippen LogP contribution in [0.1, 0.15) is 30.2 Å². The number of carbonyl (C=O) groups is 1. The van der Waals surface area contributed by atoms with Gasteiger partial charge in [0.25, 0.3) is 0 Å². The van der Waals surface area contributed by atoms with E-state index < -0.39 is 0 Å². The zero-order valence-corrected chi connectivity index (χ0v) is 13.4. The summed E-state index contributed by atoms with van der Waals surface area (Å²) in [5.74, 6) is 1.27. The van der Waals surface area contributed by atoms with Gasteiger partial charge in [0.1, 0.15) is 0 Å². The third kappa shape index (κ3) is 3.70. The van der Waals surface area contributed by atoms with Gasteiger partial charge < -0.3 is 19.2 Å². The van der Waals surface area contributed by atoms with Crippen LogP contribution in [-0.4, -0.2) is 52.2 Å². The summed E-state index contributed by atoms with van der Waals surface area (Å²) in [6, 6.07) is 1.85. The standard InChI is InChI=1S/C15H21N5O3/c1-11(14-17-12(2)18-23-14)19-4-6-20(7-5-19)15(21)16-9-13-3-8-22-10-13/h3,8,10-11H,4-7,9H2,1-2H3,(H,16,21). The molecule has 0 saturated carbocycles. The van der Waals surface area contributed by atoms with Crippen LogP contribution in [0.5, 0.6) is 0 Å². The topological polar surface area (TPSA) is 87.6 Å². The number of aromatic nitrogens is 2. The van der Waals surface area contributed by atoms with Crippen molar-refractivity contribution >= 4 is 6.03 Å². The van der Waals surface area contributed by atoms with E-state index in [0.717, 1.165) is 18.7 Å². The Balaban J connectivity index is 1.47. The van der Waals surface area contributed by atoms with Crippen molar-refractivity contribution in [3.63, 3.8) is 0 Å². The van der Waals surface area contributed by atoms with Crippen LogP contribution in [0.3, 0.4) is 0 Å². The molecule has 3 rings (SSSR count). The van der Waals surface area contributed by atoms with Crippen molar-refractivity contribution in [2.24, 2.45) is 0 Å². The Morgan fingerprint density at radius 2 is 2.17 bits per heavy atom. The molecule has 3 heterocycles. The van der Waals surface area contributed by atoms with Crippen LogP contribution in [0.25, 0.3) is 0 Å². The lowest BCUT2D eigenvalue weighted by molar-refractivity contribution is 0.0999. The molecule has 0 radical (unpaired) electrons. The molecule has 23 heavy (non-hydrogen) atoms. The minimum absolute atomic E-state index is 0.0489. The molecule has 2 amide bonds. The zero-order chi connectivity index (χ0) is 16.2. The molecule has 0 bridgehead atoms. The largest absolute Gasteiger partial charge is 0.472 e. The molecule has 1 fully saturated rings. The number of hydrogen-bond donors (Lipinski definition) is 1. The number of nitrogens with one attached hydrogen (secondary N) is 1. The fraction of sp³-hybridized carbons (Fsp3) is 0.533. The van der Waals surface area contributed by atoms with Crippen molar-refractivity contribution in [1.29, 1.82) is 0 Å². The van der Waals surface area contributed by atoms with Crippen LogP contribution >= 0.6 is 0 Å². The lowest BCUT2D eigenvalue weighted by Crippen LogP contribution is -2.52. The molecule has 1 unspecified atom stereocenters. The monoisotopic (exact) mass is 319 g/mol. The van der Waals surface area contributed by atoms with E-state index in [9.17, 15) is 4.79 Å². The van der Waals surface area contributed by atoms with Gasteiger partial charge in [0.05, 0.1) is 18.6 Å². The highest BCUT2D eigenvalue weighted by atomic mass is 16.5. The molecule has 124 valence electrons. The van der Waals surface area contributed by atoms with E-state index in [0.29, 0.717) is 31.3 Å². The SMILES string of the molecule is Cc1noc(C(C)N2CCN(C(=O)NCc3ccoc3)CC2)n1. The van der Waals surface area contributed by atoms with Crippen LogP contribution in [0.15, 0.2) is 27.5 Å². The fourth-order valence-electron chi connectivity index (χ4n) is 2.63. The maximum Gasteiger partial charge on any atom is 0.317 e.